The van der Waals surface area contributed by atoms with Crippen LogP contribution >= 0.6 is 27.7 Å². The average Bonchev–Trinajstić information content (AvgIpc) is 2.26. The van der Waals surface area contributed by atoms with Crippen LogP contribution in [-0.2, 0) is 16.4 Å². The van der Waals surface area contributed by atoms with E-state index in [1.54, 1.807) is 11.8 Å². The van der Waals surface area contributed by atoms with E-state index in [0.29, 0.717) is 5.75 Å². The molecule has 6 heteroatoms. The summed E-state index contributed by atoms with van der Waals surface area (Å²) in [6.45, 7) is 7.15. The van der Waals surface area contributed by atoms with Gasteiger partial charge in [0.1, 0.15) is 9.84 Å². The molecule has 0 aromatic heterocycles. The van der Waals surface area contributed by atoms with Gasteiger partial charge < -0.3 is 5.32 Å². The van der Waals surface area contributed by atoms with Gasteiger partial charge in [-0.05, 0) is 44.5 Å². The zero-order valence-corrected chi connectivity index (χ0v) is 15.6. The van der Waals surface area contributed by atoms with E-state index in [1.165, 1.54) is 11.8 Å². The minimum Gasteiger partial charge on any atom is -0.308 e. The monoisotopic (exact) mass is 379 g/mol. The summed E-state index contributed by atoms with van der Waals surface area (Å²) in [6, 6.07) is 6.11. The van der Waals surface area contributed by atoms with Gasteiger partial charge in [0.2, 0.25) is 0 Å². The Balaban J connectivity index is 2.74. The highest BCUT2D eigenvalue weighted by molar-refractivity contribution is 9.10. The van der Waals surface area contributed by atoms with Crippen molar-refractivity contribution in [1.82, 2.24) is 5.32 Å². The molecule has 20 heavy (non-hydrogen) atoms. The fourth-order valence-electron chi connectivity index (χ4n) is 1.49. The van der Waals surface area contributed by atoms with Crippen molar-refractivity contribution in [2.45, 2.75) is 37.8 Å². The minimum atomic E-state index is -2.90. The largest absolute Gasteiger partial charge is 0.308 e. The molecule has 0 radical (unpaired) electrons. The molecule has 0 spiro atoms. The van der Waals surface area contributed by atoms with Crippen LogP contribution in [0.3, 0.4) is 0 Å². The van der Waals surface area contributed by atoms with Crippen molar-refractivity contribution in [3.63, 3.8) is 0 Å². The highest BCUT2D eigenvalue weighted by atomic mass is 79.9. The van der Waals surface area contributed by atoms with Crippen molar-refractivity contribution in [2.24, 2.45) is 0 Å². The topological polar surface area (TPSA) is 46.2 Å². The molecular weight excluding hydrogens is 358 g/mol. The lowest BCUT2D eigenvalue weighted by Crippen LogP contribution is -2.35. The lowest BCUT2D eigenvalue weighted by molar-refractivity contribution is 0.422. The molecule has 1 rings (SSSR count). The molecule has 114 valence electrons. The number of hydrogen-bond donors (Lipinski definition) is 1. The number of sulfone groups is 1. The second-order valence-corrected chi connectivity index (χ2v) is 10.1. The van der Waals surface area contributed by atoms with Crippen molar-refractivity contribution in [3.05, 3.63) is 28.2 Å². The Labute approximate surface area is 135 Å². The van der Waals surface area contributed by atoms with E-state index in [1.807, 2.05) is 12.1 Å². The Morgan fingerprint density at radius 2 is 1.95 bits per heavy atom. The molecule has 0 aliphatic heterocycles. The zero-order valence-electron chi connectivity index (χ0n) is 12.4. The van der Waals surface area contributed by atoms with Crippen LogP contribution in [0.25, 0.3) is 0 Å². The van der Waals surface area contributed by atoms with Gasteiger partial charge in [-0.25, -0.2) is 8.42 Å². The molecule has 0 atom stereocenters. The molecule has 1 aromatic rings. The standard InChI is InChI=1S/C14H22BrNO2S2/c1-14(2,3)16-10-11-9-12(15)5-6-13(11)19-7-8-20(4,17)18/h5-6,9,16H,7-8,10H2,1-4H3. The molecule has 0 bridgehead atoms. The maximum atomic E-state index is 11.2. The maximum Gasteiger partial charge on any atom is 0.148 e. The van der Waals surface area contributed by atoms with Crippen LogP contribution in [0.2, 0.25) is 0 Å². The van der Waals surface area contributed by atoms with Crippen molar-refractivity contribution >= 4 is 37.5 Å². The normalized spacial score (nSPS) is 12.7. The van der Waals surface area contributed by atoms with Gasteiger partial charge in [-0.2, -0.15) is 0 Å². The Morgan fingerprint density at radius 1 is 1.30 bits per heavy atom. The first-order chi connectivity index (χ1) is 9.07. The van der Waals surface area contributed by atoms with E-state index in [2.05, 4.69) is 48.1 Å². The van der Waals surface area contributed by atoms with Crippen LogP contribution in [0, 0.1) is 0 Å². The maximum absolute atomic E-state index is 11.2. The smallest absolute Gasteiger partial charge is 0.148 e. The SMILES string of the molecule is CC(C)(C)NCc1cc(Br)ccc1SCCS(C)(=O)=O. The van der Waals surface area contributed by atoms with Crippen LogP contribution in [0.5, 0.6) is 0 Å². The molecule has 0 amide bonds. The third-order valence-corrected chi connectivity index (χ3v) is 5.36. The molecular formula is C14H22BrNO2S2. The number of benzene rings is 1. The van der Waals surface area contributed by atoms with E-state index >= 15 is 0 Å². The van der Waals surface area contributed by atoms with Gasteiger partial charge >= 0.3 is 0 Å². The summed E-state index contributed by atoms with van der Waals surface area (Å²) in [7, 11) is -2.90. The fourth-order valence-corrected chi connectivity index (χ4v) is 4.14. The Bertz CT molecular complexity index is 551. The lowest BCUT2D eigenvalue weighted by Gasteiger charge is -2.21. The Kier molecular flexibility index (Phi) is 6.57. The summed E-state index contributed by atoms with van der Waals surface area (Å²) < 4.78 is 23.4. The first-order valence-electron chi connectivity index (χ1n) is 6.41. The van der Waals surface area contributed by atoms with Gasteiger partial charge in [-0.3, -0.25) is 0 Å². The van der Waals surface area contributed by atoms with E-state index in [0.717, 1.165) is 15.9 Å². The van der Waals surface area contributed by atoms with Gasteiger partial charge in [0.05, 0.1) is 5.75 Å². The van der Waals surface area contributed by atoms with Crippen molar-refractivity contribution in [3.8, 4) is 0 Å². The average molecular weight is 380 g/mol. The van der Waals surface area contributed by atoms with Crippen molar-refractivity contribution < 1.29 is 8.42 Å². The van der Waals surface area contributed by atoms with Crippen LogP contribution in [0.1, 0.15) is 26.3 Å². The second-order valence-electron chi connectivity index (χ2n) is 5.83. The molecule has 1 N–H and O–H groups in total. The molecule has 0 aliphatic carbocycles. The minimum absolute atomic E-state index is 0.0526. The third-order valence-electron chi connectivity index (χ3n) is 2.54. The highest BCUT2D eigenvalue weighted by Gasteiger charge is 2.11. The molecule has 0 aliphatic rings. The molecule has 1 aromatic carbocycles. The molecule has 0 heterocycles. The van der Waals surface area contributed by atoms with Crippen LogP contribution in [0.4, 0.5) is 0 Å². The fraction of sp³-hybridized carbons (Fsp3) is 0.571. The predicted molar refractivity (Wildman–Crippen MR) is 91.2 cm³/mol. The quantitative estimate of drug-likeness (QED) is 0.768. The number of halogens is 1. The van der Waals surface area contributed by atoms with Crippen LogP contribution in [-0.4, -0.2) is 31.7 Å². The summed E-state index contributed by atoms with van der Waals surface area (Å²) in [5.74, 6) is 0.794. The Morgan fingerprint density at radius 3 is 2.50 bits per heavy atom. The van der Waals surface area contributed by atoms with E-state index in [4.69, 9.17) is 0 Å². The summed E-state index contributed by atoms with van der Waals surface area (Å²) in [4.78, 5) is 1.13. The van der Waals surface area contributed by atoms with Gasteiger partial charge in [0.25, 0.3) is 0 Å². The number of rotatable bonds is 6. The first-order valence-corrected chi connectivity index (χ1v) is 10.2. The van der Waals surface area contributed by atoms with Crippen molar-refractivity contribution in [1.29, 1.82) is 0 Å². The highest BCUT2D eigenvalue weighted by Crippen LogP contribution is 2.26. The van der Waals surface area contributed by atoms with Gasteiger partial charge in [-0.15, -0.1) is 11.8 Å². The second kappa shape index (κ2) is 7.29. The summed E-state index contributed by atoms with van der Waals surface area (Å²) >= 11 is 5.08. The number of thioether (sulfide) groups is 1. The van der Waals surface area contributed by atoms with Gasteiger partial charge in [0, 0.05) is 33.5 Å². The van der Waals surface area contributed by atoms with Crippen molar-refractivity contribution in [2.75, 3.05) is 17.8 Å². The lowest BCUT2D eigenvalue weighted by atomic mass is 10.1. The summed E-state index contributed by atoms with van der Waals surface area (Å²) in [5, 5.41) is 3.46. The van der Waals surface area contributed by atoms with Gasteiger partial charge in [-0.1, -0.05) is 15.9 Å². The Hall–Kier alpha value is -0.0400. The third kappa shape index (κ3) is 7.67. The number of nitrogens with one attached hydrogen (secondary N) is 1. The van der Waals surface area contributed by atoms with E-state index in [-0.39, 0.29) is 11.3 Å². The van der Waals surface area contributed by atoms with Gasteiger partial charge in [0.15, 0.2) is 0 Å². The predicted octanol–water partition coefficient (Wildman–Crippen LogP) is 3.47. The molecule has 0 fully saturated rings. The molecule has 3 nitrogen and oxygen atoms in total. The van der Waals surface area contributed by atoms with Crippen LogP contribution in [0.15, 0.2) is 27.6 Å². The van der Waals surface area contributed by atoms with E-state index < -0.39 is 9.84 Å². The first kappa shape index (κ1) is 18.0. The summed E-state index contributed by atoms with van der Waals surface area (Å²) in [5.41, 5.74) is 1.24. The van der Waals surface area contributed by atoms with Crippen LogP contribution < -0.4 is 5.32 Å². The molecule has 0 unspecified atom stereocenters. The molecule has 0 saturated heterocycles. The van der Waals surface area contributed by atoms with E-state index in [9.17, 15) is 8.42 Å². The number of hydrogen-bond acceptors (Lipinski definition) is 4. The zero-order chi connectivity index (χ0) is 15.4. The summed E-state index contributed by atoms with van der Waals surface area (Å²) in [6.07, 6.45) is 1.28. The molecule has 0 saturated carbocycles.